The summed E-state index contributed by atoms with van der Waals surface area (Å²) in [6.45, 7) is 10.1. The maximum Gasteiger partial charge on any atom is 0.408 e. The summed E-state index contributed by atoms with van der Waals surface area (Å²) in [7, 11) is 1.22. The van der Waals surface area contributed by atoms with Gasteiger partial charge < -0.3 is 25.0 Å². The average molecular weight is 482 g/mol. The second-order valence-corrected chi connectivity index (χ2v) is 9.14. The topological polar surface area (TPSA) is 114 Å². The van der Waals surface area contributed by atoms with Crippen molar-refractivity contribution in [3.8, 4) is 0 Å². The zero-order valence-corrected chi connectivity index (χ0v) is 21.2. The van der Waals surface area contributed by atoms with Gasteiger partial charge in [0.1, 0.15) is 24.2 Å². The summed E-state index contributed by atoms with van der Waals surface area (Å²) >= 11 is 4.23. The molecule has 0 aliphatic heterocycles. The van der Waals surface area contributed by atoms with E-state index < -0.39 is 47.6 Å². The molecule has 184 valence electrons. The number of alkyl carbamates (subject to hydrolysis) is 1. The number of aryl methyl sites for hydroxylation is 1. The third-order valence-electron chi connectivity index (χ3n) is 4.63. The molecule has 0 heterocycles. The molecule has 9 nitrogen and oxygen atoms in total. The van der Waals surface area contributed by atoms with E-state index in [9.17, 15) is 19.2 Å². The first-order valence-electron chi connectivity index (χ1n) is 10.6. The standard InChI is InChI=1S/C23H35N3O6S/c1-14(2)26(21(29)17(13-33)25-22(30)32-23(4,5)6)19(16-11-9-8-10-15(16)3)20(28)24-12-18(27)31-7/h8-11,14,17,19,33H,12-13H2,1-7H3,(H,24,28)(H,25,30). The van der Waals surface area contributed by atoms with Crippen LogP contribution in [0.5, 0.6) is 0 Å². The van der Waals surface area contributed by atoms with Gasteiger partial charge in [-0.25, -0.2) is 4.79 Å². The number of hydrogen-bond donors (Lipinski definition) is 3. The van der Waals surface area contributed by atoms with Gasteiger partial charge in [-0.15, -0.1) is 0 Å². The largest absolute Gasteiger partial charge is 0.468 e. The fraction of sp³-hybridized carbons (Fsp3) is 0.565. The molecule has 10 heteroatoms. The van der Waals surface area contributed by atoms with Crippen LogP contribution in [0.2, 0.25) is 0 Å². The van der Waals surface area contributed by atoms with Crippen molar-refractivity contribution in [2.75, 3.05) is 19.4 Å². The second-order valence-electron chi connectivity index (χ2n) is 8.77. The lowest BCUT2D eigenvalue weighted by Gasteiger charge is -2.37. The summed E-state index contributed by atoms with van der Waals surface area (Å²) in [5.41, 5.74) is 0.637. The molecule has 0 fully saturated rings. The van der Waals surface area contributed by atoms with Crippen LogP contribution in [-0.2, 0) is 23.9 Å². The summed E-state index contributed by atoms with van der Waals surface area (Å²) in [4.78, 5) is 52.1. The SMILES string of the molecule is COC(=O)CNC(=O)C(c1ccccc1C)N(C(=O)C(CS)NC(=O)OC(C)(C)C)C(C)C. The highest BCUT2D eigenvalue weighted by atomic mass is 32.1. The molecule has 0 spiro atoms. The molecule has 33 heavy (non-hydrogen) atoms. The number of carbonyl (C=O) groups excluding carboxylic acids is 4. The first-order chi connectivity index (χ1) is 15.3. The van der Waals surface area contributed by atoms with Gasteiger partial charge in [-0.05, 0) is 52.7 Å². The molecule has 1 rings (SSSR count). The van der Waals surface area contributed by atoms with Crippen molar-refractivity contribution in [3.05, 3.63) is 35.4 Å². The minimum Gasteiger partial charge on any atom is -0.468 e. The molecule has 0 saturated carbocycles. The molecule has 0 aromatic heterocycles. The van der Waals surface area contributed by atoms with E-state index >= 15 is 0 Å². The maximum absolute atomic E-state index is 13.6. The summed E-state index contributed by atoms with van der Waals surface area (Å²) in [6, 6.07) is 4.65. The molecule has 0 radical (unpaired) electrons. The number of carbonyl (C=O) groups is 4. The Bertz CT molecular complexity index is 853. The van der Waals surface area contributed by atoms with Gasteiger partial charge in [0.05, 0.1) is 7.11 Å². The van der Waals surface area contributed by atoms with Gasteiger partial charge >= 0.3 is 12.1 Å². The van der Waals surface area contributed by atoms with Crippen LogP contribution in [0.25, 0.3) is 0 Å². The number of nitrogens with zero attached hydrogens (tertiary/aromatic N) is 1. The Hall–Kier alpha value is -2.75. The van der Waals surface area contributed by atoms with Crippen LogP contribution in [0.1, 0.15) is 51.8 Å². The van der Waals surface area contributed by atoms with Crippen molar-refractivity contribution in [3.63, 3.8) is 0 Å². The van der Waals surface area contributed by atoms with Crippen LogP contribution in [0.3, 0.4) is 0 Å². The fourth-order valence-corrected chi connectivity index (χ4v) is 3.38. The van der Waals surface area contributed by atoms with E-state index in [1.807, 2.05) is 19.1 Å². The molecular weight excluding hydrogens is 446 g/mol. The molecule has 2 atom stereocenters. The zero-order chi connectivity index (χ0) is 25.3. The van der Waals surface area contributed by atoms with E-state index in [0.717, 1.165) is 5.56 Å². The number of thiol groups is 1. The molecule has 1 aromatic rings. The lowest BCUT2D eigenvalue weighted by molar-refractivity contribution is -0.145. The third kappa shape index (κ3) is 8.60. The Kier molecular flexibility index (Phi) is 10.7. The van der Waals surface area contributed by atoms with Crippen molar-refractivity contribution in [1.82, 2.24) is 15.5 Å². The minimum absolute atomic E-state index is 0.00837. The molecule has 0 saturated heterocycles. The number of rotatable bonds is 9. The summed E-state index contributed by atoms with van der Waals surface area (Å²) in [5, 5.41) is 5.08. The van der Waals surface area contributed by atoms with Crippen LogP contribution in [0.15, 0.2) is 24.3 Å². The van der Waals surface area contributed by atoms with E-state index in [1.54, 1.807) is 46.8 Å². The number of ether oxygens (including phenoxy) is 2. The van der Waals surface area contributed by atoms with Gasteiger partial charge in [-0.1, -0.05) is 24.3 Å². The molecule has 2 unspecified atom stereocenters. The highest BCUT2D eigenvalue weighted by Crippen LogP contribution is 2.27. The van der Waals surface area contributed by atoms with Crippen LogP contribution >= 0.6 is 12.6 Å². The molecule has 0 aliphatic rings. The van der Waals surface area contributed by atoms with Crippen LogP contribution < -0.4 is 10.6 Å². The number of hydrogen-bond acceptors (Lipinski definition) is 7. The van der Waals surface area contributed by atoms with Crippen LogP contribution in [0, 0.1) is 6.92 Å². The Labute approximate surface area is 201 Å². The summed E-state index contributed by atoms with van der Waals surface area (Å²) in [5.74, 6) is -1.68. The smallest absolute Gasteiger partial charge is 0.408 e. The predicted octanol–water partition coefficient (Wildman–Crippen LogP) is 2.39. The third-order valence-corrected chi connectivity index (χ3v) is 4.99. The van der Waals surface area contributed by atoms with Crippen LogP contribution in [-0.4, -0.2) is 65.9 Å². The summed E-state index contributed by atoms with van der Waals surface area (Å²) < 4.78 is 9.86. The van der Waals surface area contributed by atoms with E-state index in [0.29, 0.717) is 5.56 Å². The van der Waals surface area contributed by atoms with Crippen LogP contribution in [0.4, 0.5) is 4.79 Å². The molecule has 3 amide bonds. The Balaban J connectivity index is 3.35. The highest BCUT2D eigenvalue weighted by Gasteiger charge is 2.38. The Morgan fingerprint density at radius 2 is 1.73 bits per heavy atom. The van der Waals surface area contributed by atoms with Crippen molar-refractivity contribution >= 4 is 36.5 Å². The first kappa shape index (κ1) is 28.3. The van der Waals surface area contributed by atoms with Gasteiger partial charge in [0.25, 0.3) is 0 Å². The molecule has 1 aromatic carbocycles. The second kappa shape index (κ2) is 12.5. The molecule has 0 bridgehead atoms. The summed E-state index contributed by atoms with van der Waals surface area (Å²) in [6.07, 6.45) is -0.763. The predicted molar refractivity (Wildman–Crippen MR) is 128 cm³/mol. The first-order valence-corrected chi connectivity index (χ1v) is 11.3. The van der Waals surface area contributed by atoms with Gasteiger partial charge in [0.2, 0.25) is 11.8 Å². The minimum atomic E-state index is -1.05. The maximum atomic E-state index is 13.6. The quantitative estimate of drug-likeness (QED) is 0.369. The van der Waals surface area contributed by atoms with E-state index in [2.05, 4.69) is 28.0 Å². The van der Waals surface area contributed by atoms with Crippen molar-refractivity contribution < 1.29 is 28.7 Å². The molecule has 2 N–H and O–H groups in total. The Morgan fingerprint density at radius 1 is 1.12 bits per heavy atom. The van der Waals surface area contributed by atoms with Crippen molar-refractivity contribution in [2.45, 2.75) is 65.3 Å². The van der Waals surface area contributed by atoms with E-state index in [-0.39, 0.29) is 12.3 Å². The number of amides is 3. The molecule has 0 aliphatic carbocycles. The van der Waals surface area contributed by atoms with E-state index in [1.165, 1.54) is 12.0 Å². The monoisotopic (exact) mass is 481 g/mol. The number of nitrogens with one attached hydrogen (secondary N) is 2. The molecular formula is C23H35N3O6S. The van der Waals surface area contributed by atoms with Gasteiger partial charge in [0, 0.05) is 11.8 Å². The Morgan fingerprint density at radius 3 is 2.21 bits per heavy atom. The fourth-order valence-electron chi connectivity index (χ4n) is 3.13. The van der Waals surface area contributed by atoms with E-state index in [4.69, 9.17) is 4.74 Å². The van der Waals surface area contributed by atoms with Gasteiger partial charge in [-0.3, -0.25) is 14.4 Å². The number of esters is 1. The lowest BCUT2D eigenvalue weighted by Crippen LogP contribution is -2.56. The van der Waals surface area contributed by atoms with Crippen molar-refractivity contribution in [2.24, 2.45) is 0 Å². The average Bonchev–Trinajstić information content (AvgIpc) is 2.72. The number of benzene rings is 1. The van der Waals surface area contributed by atoms with Gasteiger partial charge in [-0.2, -0.15) is 12.6 Å². The lowest BCUT2D eigenvalue weighted by atomic mass is 9.97. The highest BCUT2D eigenvalue weighted by molar-refractivity contribution is 7.80. The normalized spacial score (nSPS) is 13.0. The zero-order valence-electron chi connectivity index (χ0n) is 20.3. The van der Waals surface area contributed by atoms with Crippen molar-refractivity contribution in [1.29, 1.82) is 0 Å². The van der Waals surface area contributed by atoms with Gasteiger partial charge in [0.15, 0.2) is 0 Å². The number of methoxy groups -OCH3 is 1.